The van der Waals surface area contributed by atoms with Gasteiger partial charge in [0.25, 0.3) is 6.01 Å². The molecular formula is C12H17N3O2. The van der Waals surface area contributed by atoms with Crippen LogP contribution in [0.4, 0.5) is 6.01 Å². The van der Waals surface area contributed by atoms with Crippen molar-refractivity contribution in [3.63, 3.8) is 0 Å². The number of benzene rings is 1. The smallest absolute Gasteiger partial charge is 0.298 e. The quantitative estimate of drug-likeness (QED) is 0.844. The zero-order valence-electron chi connectivity index (χ0n) is 10.1. The Labute approximate surface area is 100 Å². The van der Waals surface area contributed by atoms with Crippen molar-refractivity contribution in [3.05, 3.63) is 24.3 Å². The first-order chi connectivity index (χ1) is 8.20. The first-order valence-electron chi connectivity index (χ1n) is 5.52. The number of hydrogen-bond donors (Lipinski definition) is 1. The molecule has 1 aromatic carbocycles. The van der Waals surface area contributed by atoms with E-state index in [1.807, 2.05) is 36.2 Å². The molecule has 1 aromatic heterocycles. The lowest BCUT2D eigenvalue weighted by Gasteiger charge is -2.18. The van der Waals surface area contributed by atoms with E-state index in [1.165, 1.54) is 0 Å². The molecule has 0 bridgehead atoms. The van der Waals surface area contributed by atoms with Gasteiger partial charge in [0.2, 0.25) is 0 Å². The minimum absolute atomic E-state index is 0.0555. The summed E-state index contributed by atoms with van der Waals surface area (Å²) in [6.45, 7) is 1.16. The molecule has 5 nitrogen and oxygen atoms in total. The number of fused-ring (bicyclic) bond motifs is 1. The molecule has 5 heteroatoms. The lowest BCUT2D eigenvalue weighted by Crippen LogP contribution is -2.38. The third kappa shape index (κ3) is 2.75. The van der Waals surface area contributed by atoms with Crippen LogP contribution in [0.5, 0.6) is 0 Å². The highest BCUT2D eigenvalue weighted by atomic mass is 16.5. The molecule has 0 amide bonds. The highest BCUT2D eigenvalue weighted by molar-refractivity contribution is 5.74. The fourth-order valence-electron chi connectivity index (χ4n) is 1.72. The number of nitrogens with zero attached hydrogens (tertiary/aromatic N) is 2. The zero-order valence-corrected chi connectivity index (χ0v) is 10.1. The number of hydrogen-bond acceptors (Lipinski definition) is 5. The third-order valence-electron chi connectivity index (χ3n) is 2.50. The Hall–Kier alpha value is -1.59. The van der Waals surface area contributed by atoms with Crippen LogP contribution in [-0.2, 0) is 4.74 Å². The maximum atomic E-state index is 5.88. The minimum Gasteiger partial charge on any atom is -0.423 e. The molecule has 92 valence electrons. The summed E-state index contributed by atoms with van der Waals surface area (Å²) in [6.07, 6.45) is 0. The predicted molar refractivity (Wildman–Crippen MR) is 67.1 cm³/mol. The molecule has 2 N–H and O–H groups in total. The number of nitrogens with two attached hydrogens (primary N) is 1. The van der Waals surface area contributed by atoms with E-state index in [0.717, 1.165) is 11.1 Å². The maximum Gasteiger partial charge on any atom is 0.298 e. The number of rotatable bonds is 5. The second-order valence-corrected chi connectivity index (χ2v) is 4.06. The van der Waals surface area contributed by atoms with Gasteiger partial charge in [-0.3, -0.25) is 0 Å². The topological polar surface area (TPSA) is 64.5 Å². The van der Waals surface area contributed by atoms with E-state index >= 15 is 0 Å². The van der Waals surface area contributed by atoms with Crippen molar-refractivity contribution in [2.75, 3.05) is 32.2 Å². The first-order valence-corrected chi connectivity index (χ1v) is 5.52. The lowest BCUT2D eigenvalue weighted by atomic mass is 10.3. The molecule has 2 rings (SSSR count). The van der Waals surface area contributed by atoms with Crippen LogP contribution < -0.4 is 10.6 Å². The summed E-state index contributed by atoms with van der Waals surface area (Å²) in [7, 11) is 3.54. The monoisotopic (exact) mass is 235 g/mol. The molecular weight excluding hydrogens is 218 g/mol. The summed E-state index contributed by atoms with van der Waals surface area (Å²) in [4.78, 5) is 6.28. The lowest BCUT2D eigenvalue weighted by molar-refractivity contribution is 0.181. The van der Waals surface area contributed by atoms with Gasteiger partial charge >= 0.3 is 0 Å². The average Bonchev–Trinajstić information content (AvgIpc) is 2.72. The van der Waals surface area contributed by atoms with E-state index < -0.39 is 0 Å². The minimum atomic E-state index is -0.0555. The summed E-state index contributed by atoms with van der Waals surface area (Å²) in [5.41, 5.74) is 7.52. The third-order valence-corrected chi connectivity index (χ3v) is 2.50. The molecule has 0 fully saturated rings. The summed E-state index contributed by atoms with van der Waals surface area (Å²) in [6, 6.07) is 8.21. The molecule has 0 aliphatic heterocycles. The zero-order chi connectivity index (χ0) is 12.3. The molecule has 0 aliphatic rings. The summed E-state index contributed by atoms with van der Waals surface area (Å²) in [5.74, 6) is 0. The Morgan fingerprint density at radius 3 is 2.94 bits per heavy atom. The van der Waals surface area contributed by atoms with E-state index in [0.29, 0.717) is 19.2 Å². The first kappa shape index (κ1) is 11.9. The van der Waals surface area contributed by atoms with Gasteiger partial charge in [0.15, 0.2) is 5.58 Å². The number of ether oxygens (including phenoxy) is 1. The molecule has 1 heterocycles. The van der Waals surface area contributed by atoms with Gasteiger partial charge < -0.3 is 19.8 Å². The van der Waals surface area contributed by atoms with Crippen molar-refractivity contribution in [2.45, 2.75) is 6.04 Å². The van der Waals surface area contributed by atoms with Gasteiger partial charge in [-0.15, -0.1) is 0 Å². The van der Waals surface area contributed by atoms with E-state index in [4.69, 9.17) is 14.9 Å². The highest BCUT2D eigenvalue weighted by Crippen LogP contribution is 2.20. The Morgan fingerprint density at radius 2 is 2.24 bits per heavy atom. The number of methoxy groups -OCH3 is 1. The summed E-state index contributed by atoms with van der Waals surface area (Å²) >= 11 is 0. The largest absolute Gasteiger partial charge is 0.423 e. The number of aromatic nitrogens is 1. The van der Waals surface area contributed by atoms with Crippen LogP contribution >= 0.6 is 0 Å². The van der Waals surface area contributed by atoms with Crippen LogP contribution in [0.1, 0.15) is 0 Å². The Kier molecular flexibility index (Phi) is 3.61. The van der Waals surface area contributed by atoms with Crippen molar-refractivity contribution in [2.24, 2.45) is 5.73 Å². The van der Waals surface area contributed by atoms with E-state index in [9.17, 15) is 0 Å². The molecule has 1 unspecified atom stereocenters. The van der Waals surface area contributed by atoms with Crippen molar-refractivity contribution < 1.29 is 9.15 Å². The maximum absolute atomic E-state index is 5.88. The number of anilines is 1. The molecule has 0 saturated carbocycles. The van der Waals surface area contributed by atoms with Crippen LogP contribution in [0.15, 0.2) is 28.7 Å². The average molecular weight is 235 g/mol. The fraction of sp³-hybridized carbons (Fsp3) is 0.417. The van der Waals surface area contributed by atoms with Crippen LogP contribution in [-0.4, -0.2) is 38.3 Å². The van der Waals surface area contributed by atoms with Gasteiger partial charge in [-0.1, -0.05) is 12.1 Å². The van der Waals surface area contributed by atoms with Gasteiger partial charge in [-0.25, -0.2) is 0 Å². The molecule has 1 atom stereocenters. The Bertz CT molecular complexity index is 450. The van der Waals surface area contributed by atoms with Crippen molar-refractivity contribution in [1.29, 1.82) is 0 Å². The van der Waals surface area contributed by atoms with Crippen molar-refractivity contribution in [3.8, 4) is 0 Å². The van der Waals surface area contributed by atoms with Crippen molar-refractivity contribution in [1.82, 2.24) is 4.98 Å². The molecule has 0 aliphatic carbocycles. The fourth-order valence-corrected chi connectivity index (χ4v) is 1.72. The number of likely N-dealkylation sites (N-methyl/N-ethyl adjacent to an activating group) is 1. The van der Waals surface area contributed by atoms with E-state index in [-0.39, 0.29) is 6.04 Å². The van der Waals surface area contributed by atoms with Gasteiger partial charge in [-0.05, 0) is 12.1 Å². The van der Waals surface area contributed by atoms with Crippen LogP contribution in [0, 0.1) is 0 Å². The van der Waals surface area contributed by atoms with E-state index in [2.05, 4.69) is 4.98 Å². The van der Waals surface area contributed by atoms with Crippen molar-refractivity contribution >= 4 is 17.1 Å². The van der Waals surface area contributed by atoms with Gasteiger partial charge in [0.05, 0.1) is 6.61 Å². The standard InChI is InChI=1S/C12H17N3O2/c1-15(7-9(13)8-16-2)12-14-10-5-3-4-6-11(10)17-12/h3-6,9H,7-8,13H2,1-2H3. The van der Waals surface area contributed by atoms with Gasteiger partial charge in [0, 0.05) is 26.7 Å². The highest BCUT2D eigenvalue weighted by Gasteiger charge is 2.12. The summed E-state index contributed by atoms with van der Waals surface area (Å²) < 4.78 is 10.6. The van der Waals surface area contributed by atoms with Crippen LogP contribution in [0.2, 0.25) is 0 Å². The van der Waals surface area contributed by atoms with Gasteiger partial charge in [-0.2, -0.15) is 4.98 Å². The molecule has 2 aromatic rings. The Morgan fingerprint density at radius 1 is 1.47 bits per heavy atom. The van der Waals surface area contributed by atoms with Crippen LogP contribution in [0.25, 0.3) is 11.1 Å². The summed E-state index contributed by atoms with van der Waals surface area (Å²) in [5, 5.41) is 0. The normalized spacial score (nSPS) is 12.9. The number of oxazole rings is 1. The predicted octanol–water partition coefficient (Wildman–Crippen LogP) is 1.24. The Balaban J connectivity index is 2.10. The van der Waals surface area contributed by atoms with E-state index in [1.54, 1.807) is 7.11 Å². The molecule has 0 spiro atoms. The second-order valence-electron chi connectivity index (χ2n) is 4.06. The van der Waals surface area contributed by atoms with Gasteiger partial charge in [0.1, 0.15) is 5.52 Å². The second kappa shape index (κ2) is 5.16. The van der Waals surface area contributed by atoms with Crippen LogP contribution in [0.3, 0.4) is 0 Å². The molecule has 0 radical (unpaired) electrons. The number of para-hydroxylation sites is 2. The SMILES string of the molecule is COCC(N)CN(C)c1nc2ccccc2o1. The molecule has 0 saturated heterocycles. The molecule has 17 heavy (non-hydrogen) atoms.